The van der Waals surface area contributed by atoms with Crippen LogP contribution in [0.2, 0.25) is 5.02 Å². The number of nitrogens with zero attached hydrogens (tertiary/aromatic N) is 2. The molecule has 0 N–H and O–H groups in total. The zero-order valence-corrected chi connectivity index (χ0v) is 21.7. The number of sulfonamides is 1. The largest absolute Gasteiger partial charge is 0.468 e. The minimum atomic E-state index is -3.96. The Morgan fingerprint density at radius 1 is 0.971 bits per heavy atom. The molecule has 0 amide bonds. The van der Waals surface area contributed by atoms with Gasteiger partial charge in [-0.15, -0.1) is 0 Å². The fourth-order valence-electron chi connectivity index (χ4n) is 4.10. The number of aryl methyl sites for hydroxylation is 3. The number of Topliss-reactive ketones (excluding diaryl/α,β-unsaturated/α-hetero) is 1. The molecule has 8 heteroatoms. The van der Waals surface area contributed by atoms with Crippen molar-refractivity contribution in [2.75, 3.05) is 6.54 Å². The number of aromatic nitrogens is 1. The van der Waals surface area contributed by atoms with Crippen molar-refractivity contribution >= 4 is 27.4 Å². The first-order valence-electron chi connectivity index (χ1n) is 11.2. The molecule has 2 aromatic heterocycles. The van der Waals surface area contributed by atoms with Gasteiger partial charge in [-0.2, -0.15) is 4.31 Å². The summed E-state index contributed by atoms with van der Waals surface area (Å²) in [6, 6.07) is 17.5. The second-order valence-corrected chi connectivity index (χ2v) is 11.0. The molecular formula is C27H27ClN2O4S. The molecule has 0 saturated carbocycles. The predicted molar refractivity (Wildman–Crippen MR) is 137 cm³/mol. The molecule has 0 aliphatic rings. The van der Waals surface area contributed by atoms with Crippen LogP contribution in [0.1, 0.15) is 38.6 Å². The van der Waals surface area contributed by atoms with Crippen molar-refractivity contribution in [2.45, 2.75) is 39.1 Å². The van der Waals surface area contributed by atoms with Gasteiger partial charge in [0.25, 0.3) is 0 Å². The van der Waals surface area contributed by atoms with Crippen molar-refractivity contribution in [3.63, 3.8) is 0 Å². The fraction of sp³-hybridized carbons (Fsp3) is 0.222. The summed E-state index contributed by atoms with van der Waals surface area (Å²) in [5, 5.41) is 0.623. The molecule has 0 aliphatic carbocycles. The lowest BCUT2D eigenvalue weighted by molar-refractivity contribution is 0.0962. The van der Waals surface area contributed by atoms with Crippen molar-refractivity contribution < 1.29 is 17.6 Å². The highest BCUT2D eigenvalue weighted by molar-refractivity contribution is 7.89. The Balaban J connectivity index is 1.70. The summed E-state index contributed by atoms with van der Waals surface area (Å²) in [5.74, 6) is 0.161. The van der Waals surface area contributed by atoms with Gasteiger partial charge in [-0.1, -0.05) is 17.7 Å². The highest BCUT2D eigenvalue weighted by Crippen LogP contribution is 2.25. The normalized spacial score (nSPS) is 11.8. The number of hydrogen-bond acceptors (Lipinski definition) is 4. The molecule has 0 fully saturated rings. The Morgan fingerprint density at radius 2 is 1.69 bits per heavy atom. The molecule has 0 saturated heterocycles. The van der Waals surface area contributed by atoms with E-state index in [-0.39, 0.29) is 23.8 Å². The monoisotopic (exact) mass is 510 g/mol. The lowest BCUT2D eigenvalue weighted by Gasteiger charge is -2.21. The fourth-order valence-corrected chi connectivity index (χ4v) is 5.68. The van der Waals surface area contributed by atoms with Crippen molar-refractivity contribution in [2.24, 2.45) is 0 Å². The van der Waals surface area contributed by atoms with Crippen LogP contribution in [0.3, 0.4) is 0 Å². The summed E-state index contributed by atoms with van der Waals surface area (Å²) in [4.78, 5) is 13.6. The summed E-state index contributed by atoms with van der Waals surface area (Å²) in [6.45, 7) is 7.17. The number of furan rings is 1. The third kappa shape index (κ3) is 5.12. The zero-order chi connectivity index (χ0) is 25.3. The maximum Gasteiger partial charge on any atom is 0.243 e. The highest BCUT2D eigenvalue weighted by Gasteiger charge is 2.29. The first kappa shape index (κ1) is 25.0. The van der Waals surface area contributed by atoms with Gasteiger partial charge in [-0.25, -0.2) is 8.42 Å². The third-order valence-electron chi connectivity index (χ3n) is 6.16. The average molecular weight is 511 g/mol. The summed E-state index contributed by atoms with van der Waals surface area (Å²) >= 11 is 6.03. The number of carbonyl (C=O) groups is 1. The van der Waals surface area contributed by atoms with E-state index < -0.39 is 10.0 Å². The van der Waals surface area contributed by atoms with Gasteiger partial charge in [0.2, 0.25) is 10.0 Å². The van der Waals surface area contributed by atoms with Crippen molar-refractivity contribution in [3.05, 3.63) is 106 Å². The summed E-state index contributed by atoms with van der Waals surface area (Å²) in [7, 11) is -3.96. The molecule has 0 unspecified atom stereocenters. The van der Waals surface area contributed by atoms with E-state index in [0.29, 0.717) is 16.3 Å². The first-order valence-corrected chi connectivity index (χ1v) is 13.0. The summed E-state index contributed by atoms with van der Waals surface area (Å²) in [6.07, 6.45) is 1.48. The molecule has 2 aromatic carbocycles. The smallest absolute Gasteiger partial charge is 0.243 e. The first-order chi connectivity index (χ1) is 16.6. The maximum absolute atomic E-state index is 13.6. The Morgan fingerprint density at radius 3 is 2.31 bits per heavy atom. The van der Waals surface area contributed by atoms with E-state index in [1.165, 1.54) is 10.6 Å². The van der Waals surface area contributed by atoms with Crippen LogP contribution >= 0.6 is 11.6 Å². The summed E-state index contributed by atoms with van der Waals surface area (Å²) in [5.41, 5.74) is 4.80. The average Bonchev–Trinajstić information content (AvgIpc) is 3.43. The van der Waals surface area contributed by atoms with E-state index in [4.69, 9.17) is 16.0 Å². The van der Waals surface area contributed by atoms with Crippen LogP contribution in [0, 0.1) is 27.7 Å². The summed E-state index contributed by atoms with van der Waals surface area (Å²) < 4.78 is 35.8. The quantitative estimate of drug-likeness (QED) is 0.271. The minimum Gasteiger partial charge on any atom is -0.468 e. The molecule has 0 spiro atoms. The lowest BCUT2D eigenvalue weighted by atomic mass is 10.1. The van der Waals surface area contributed by atoms with Crippen molar-refractivity contribution in [1.82, 2.24) is 8.87 Å². The molecule has 0 atom stereocenters. The van der Waals surface area contributed by atoms with Gasteiger partial charge in [-0.05, 0) is 93.4 Å². The van der Waals surface area contributed by atoms with Gasteiger partial charge in [0.05, 0.1) is 24.2 Å². The van der Waals surface area contributed by atoms with Gasteiger partial charge in [-0.3, -0.25) is 4.79 Å². The topological polar surface area (TPSA) is 72.5 Å². The van der Waals surface area contributed by atoms with E-state index in [1.54, 1.807) is 48.5 Å². The van der Waals surface area contributed by atoms with E-state index in [1.807, 2.05) is 44.4 Å². The Kier molecular flexibility index (Phi) is 7.03. The lowest BCUT2D eigenvalue weighted by Crippen LogP contribution is -2.35. The number of ketones is 1. The second kappa shape index (κ2) is 9.85. The maximum atomic E-state index is 13.6. The number of halogens is 1. The second-order valence-electron chi connectivity index (χ2n) is 8.62. The van der Waals surface area contributed by atoms with Gasteiger partial charge < -0.3 is 8.98 Å². The van der Waals surface area contributed by atoms with Gasteiger partial charge >= 0.3 is 0 Å². The molecular weight excluding hydrogens is 484 g/mol. The number of rotatable bonds is 8. The van der Waals surface area contributed by atoms with Crippen LogP contribution in [0.5, 0.6) is 0 Å². The Bertz CT molecular complexity index is 1470. The molecule has 182 valence electrons. The van der Waals surface area contributed by atoms with E-state index in [9.17, 15) is 13.2 Å². The number of hydrogen-bond donors (Lipinski definition) is 0. The van der Waals surface area contributed by atoms with Crippen LogP contribution in [0.4, 0.5) is 0 Å². The Hall–Kier alpha value is -3.13. The predicted octanol–water partition coefficient (Wildman–Crippen LogP) is 6.03. The Labute approximate surface area is 210 Å². The molecule has 6 nitrogen and oxygen atoms in total. The van der Waals surface area contributed by atoms with E-state index in [0.717, 1.165) is 28.2 Å². The standard InChI is InChI=1S/C27H27ClN2O4S/c1-18-7-12-25(14-19(18)2)35(32,33)29(16-24-6-5-13-34-24)17-27(31)26-15-20(3)30(21(26)4)23-10-8-22(28)9-11-23/h5-15H,16-17H2,1-4H3. The van der Waals surface area contributed by atoms with Crippen LogP contribution < -0.4 is 0 Å². The molecule has 2 heterocycles. The van der Waals surface area contributed by atoms with E-state index >= 15 is 0 Å². The van der Waals surface area contributed by atoms with Crippen molar-refractivity contribution in [3.8, 4) is 5.69 Å². The van der Waals surface area contributed by atoms with Crippen LogP contribution in [0.15, 0.2) is 76.2 Å². The zero-order valence-electron chi connectivity index (χ0n) is 20.1. The molecule has 0 radical (unpaired) electrons. The van der Waals surface area contributed by atoms with E-state index in [2.05, 4.69) is 0 Å². The number of carbonyl (C=O) groups excluding carboxylic acids is 1. The third-order valence-corrected chi connectivity index (χ3v) is 8.20. The molecule has 0 bridgehead atoms. The minimum absolute atomic E-state index is 0.0517. The SMILES string of the molecule is Cc1ccc(S(=O)(=O)N(CC(=O)c2cc(C)n(-c3ccc(Cl)cc3)c2C)Cc2ccco2)cc1C. The van der Waals surface area contributed by atoms with Crippen molar-refractivity contribution in [1.29, 1.82) is 0 Å². The van der Waals surface area contributed by atoms with Gasteiger partial charge in [0.1, 0.15) is 5.76 Å². The molecule has 0 aliphatic heterocycles. The highest BCUT2D eigenvalue weighted by atomic mass is 35.5. The van der Waals surface area contributed by atoms with Gasteiger partial charge in [0.15, 0.2) is 5.78 Å². The van der Waals surface area contributed by atoms with Crippen LogP contribution in [-0.2, 0) is 16.6 Å². The molecule has 35 heavy (non-hydrogen) atoms. The van der Waals surface area contributed by atoms with Gasteiger partial charge in [0, 0.05) is 27.7 Å². The number of benzene rings is 2. The van der Waals surface area contributed by atoms with Crippen LogP contribution in [-0.4, -0.2) is 29.6 Å². The molecule has 4 rings (SSSR count). The van der Waals surface area contributed by atoms with Crippen LogP contribution in [0.25, 0.3) is 5.69 Å². The molecule has 4 aromatic rings.